The smallest absolute Gasteiger partial charge is 0.330 e. The van der Waals surface area contributed by atoms with Crippen molar-refractivity contribution >= 4 is 23.1 Å². The van der Waals surface area contributed by atoms with Gasteiger partial charge in [-0.05, 0) is 31.0 Å². The number of nitrogens with one attached hydrogen (secondary N) is 1. The molecule has 0 spiro atoms. The Bertz CT molecular complexity index is 1390. The molecule has 34 heavy (non-hydrogen) atoms. The van der Waals surface area contributed by atoms with Gasteiger partial charge in [0.15, 0.2) is 0 Å². The summed E-state index contributed by atoms with van der Waals surface area (Å²) >= 11 is 6.74. The van der Waals surface area contributed by atoms with Crippen molar-refractivity contribution in [3.05, 3.63) is 103 Å². The summed E-state index contributed by atoms with van der Waals surface area (Å²) in [6.07, 6.45) is 0.764. The Hall–Kier alpha value is -3.78. The Morgan fingerprint density at radius 2 is 1.71 bits per heavy atom. The third kappa shape index (κ3) is 4.63. The van der Waals surface area contributed by atoms with Crippen molar-refractivity contribution in [3.8, 4) is 5.69 Å². The van der Waals surface area contributed by atoms with Crippen molar-refractivity contribution in [2.75, 3.05) is 17.2 Å². The third-order valence-corrected chi connectivity index (χ3v) is 6.07. The lowest BCUT2D eigenvalue weighted by atomic mass is 10.2. The van der Waals surface area contributed by atoms with E-state index in [0.29, 0.717) is 18.2 Å². The van der Waals surface area contributed by atoms with E-state index in [2.05, 4.69) is 10.1 Å². The van der Waals surface area contributed by atoms with Crippen LogP contribution in [0.1, 0.15) is 30.2 Å². The zero-order chi connectivity index (χ0) is 24.2. The fourth-order valence-corrected chi connectivity index (χ4v) is 4.32. The molecule has 0 saturated heterocycles. The normalized spacial score (nSPS) is 11.0. The number of hydrogen-bond acceptors (Lipinski definition) is 5. The molecular formula is C25H27ClN6O2. The lowest BCUT2D eigenvalue weighted by molar-refractivity contribution is 0.706. The number of aromatic nitrogens is 4. The first-order valence-electron chi connectivity index (χ1n) is 11.1. The van der Waals surface area contributed by atoms with Crippen LogP contribution in [0.15, 0.2) is 70.3 Å². The number of nitrogen functional groups attached to an aromatic ring is 1. The topological polar surface area (TPSA) is 102 Å². The molecule has 0 unspecified atom stereocenters. The summed E-state index contributed by atoms with van der Waals surface area (Å²) < 4.78 is 3.07. The molecule has 0 radical (unpaired) electrons. The highest BCUT2D eigenvalue weighted by molar-refractivity contribution is 6.30. The van der Waals surface area contributed by atoms with Crippen molar-refractivity contribution in [2.24, 2.45) is 0 Å². The molecule has 9 heteroatoms. The van der Waals surface area contributed by atoms with E-state index in [0.717, 1.165) is 28.9 Å². The van der Waals surface area contributed by atoms with Gasteiger partial charge in [0.05, 0.1) is 17.9 Å². The van der Waals surface area contributed by atoms with Gasteiger partial charge in [-0.1, -0.05) is 67.1 Å². The molecule has 4 aromatic rings. The van der Waals surface area contributed by atoms with E-state index in [9.17, 15) is 9.59 Å². The van der Waals surface area contributed by atoms with Gasteiger partial charge in [-0.15, -0.1) is 0 Å². The molecule has 2 aromatic carbocycles. The summed E-state index contributed by atoms with van der Waals surface area (Å²) in [6, 6.07) is 19.1. The minimum atomic E-state index is -0.544. The van der Waals surface area contributed by atoms with Crippen LogP contribution >= 0.6 is 11.6 Å². The molecule has 0 atom stereocenters. The molecule has 0 saturated carbocycles. The summed E-state index contributed by atoms with van der Waals surface area (Å²) in [5.74, 6) is 0.121. The zero-order valence-electron chi connectivity index (χ0n) is 19.2. The highest BCUT2D eigenvalue weighted by atomic mass is 35.5. The van der Waals surface area contributed by atoms with Crippen LogP contribution in [0.4, 0.5) is 11.5 Å². The average Bonchev–Trinajstić information content (AvgIpc) is 3.11. The molecule has 0 aliphatic carbocycles. The van der Waals surface area contributed by atoms with Crippen molar-refractivity contribution < 1.29 is 0 Å². The number of aromatic amines is 1. The van der Waals surface area contributed by atoms with Crippen LogP contribution in [-0.4, -0.2) is 25.9 Å². The zero-order valence-corrected chi connectivity index (χ0v) is 19.9. The fraction of sp³-hybridized carbons (Fsp3) is 0.240. The van der Waals surface area contributed by atoms with Gasteiger partial charge in [0.1, 0.15) is 16.7 Å². The Morgan fingerprint density at radius 3 is 2.35 bits per heavy atom. The lowest BCUT2D eigenvalue weighted by Gasteiger charge is -2.26. The van der Waals surface area contributed by atoms with E-state index < -0.39 is 11.2 Å². The molecule has 0 fully saturated rings. The van der Waals surface area contributed by atoms with Crippen molar-refractivity contribution in [1.29, 1.82) is 0 Å². The molecule has 4 rings (SSSR count). The summed E-state index contributed by atoms with van der Waals surface area (Å²) in [7, 11) is 0. The van der Waals surface area contributed by atoms with E-state index in [1.165, 1.54) is 4.57 Å². The molecule has 0 aliphatic heterocycles. The van der Waals surface area contributed by atoms with E-state index in [1.54, 1.807) is 4.68 Å². The number of H-pyrrole nitrogens is 1. The molecule has 0 aliphatic rings. The van der Waals surface area contributed by atoms with E-state index in [-0.39, 0.29) is 18.1 Å². The summed E-state index contributed by atoms with van der Waals surface area (Å²) in [6.45, 7) is 5.01. The number of benzene rings is 2. The van der Waals surface area contributed by atoms with Gasteiger partial charge in [0.2, 0.25) is 0 Å². The third-order valence-electron chi connectivity index (χ3n) is 5.68. The number of anilines is 2. The first-order chi connectivity index (χ1) is 16.4. The number of halogens is 1. The summed E-state index contributed by atoms with van der Waals surface area (Å²) in [4.78, 5) is 29.8. The van der Waals surface area contributed by atoms with Gasteiger partial charge in [-0.25, -0.2) is 9.48 Å². The first kappa shape index (κ1) is 23.4. The molecule has 2 heterocycles. The van der Waals surface area contributed by atoms with Gasteiger partial charge in [-0.3, -0.25) is 14.3 Å². The summed E-state index contributed by atoms with van der Waals surface area (Å²) in [5, 5.41) is 5.08. The van der Waals surface area contributed by atoms with Crippen molar-refractivity contribution in [1.82, 2.24) is 19.3 Å². The Labute approximate surface area is 202 Å². The van der Waals surface area contributed by atoms with Crippen LogP contribution in [0.3, 0.4) is 0 Å². The predicted octanol–water partition coefficient (Wildman–Crippen LogP) is 3.73. The number of rotatable bonds is 8. The second kappa shape index (κ2) is 10.0. The van der Waals surface area contributed by atoms with E-state index in [1.807, 2.05) is 79.4 Å². The fourth-order valence-electron chi connectivity index (χ4n) is 3.99. The number of aryl methyl sites for hydroxylation is 1. The van der Waals surface area contributed by atoms with E-state index >= 15 is 0 Å². The second-order valence-corrected chi connectivity index (χ2v) is 8.45. The van der Waals surface area contributed by atoms with Gasteiger partial charge < -0.3 is 10.6 Å². The Balaban J connectivity index is 1.75. The predicted molar refractivity (Wildman–Crippen MR) is 136 cm³/mol. The maximum Gasteiger partial charge on any atom is 0.330 e. The number of nitrogens with two attached hydrogens (primary N) is 1. The largest absolute Gasteiger partial charge is 0.383 e. The maximum atomic E-state index is 12.9. The molecular weight excluding hydrogens is 452 g/mol. The number of nitrogens with zero attached hydrogens (tertiary/aromatic N) is 4. The van der Waals surface area contributed by atoms with Crippen LogP contribution in [0.2, 0.25) is 5.15 Å². The lowest BCUT2D eigenvalue weighted by Crippen LogP contribution is -2.38. The quantitative estimate of drug-likeness (QED) is 0.401. The molecule has 0 amide bonds. The SMILES string of the molecule is CCCN(Cc1c(C)nn(-c2ccccc2)c1Cl)c1c(N)n(Cc2ccccc2)c(=O)[nH]c1=O. The second-order valence-electron chi connectivity index (χ2n) is 8.09. The van der Waals surface area contributed by atoms with Crippen LogP contribution in [0.5, 0.6) is 0 Å². The van der Waals surface area contributed by atoms with E-state index in [4.69, 9.17) is 17.3 Å². The number of para-hydroxylation sites is 1. The van der Waals surface area contributed by atoms with Crippen LogP contribution in [-0.2, 0) is 13.1 Å². The number of hydrogen-bond donors (Lipinski definition) is 2. The minimum absolute atomic E-state index is 0.121. The maximum absolute atomic E-state index is 12.9. The van der Waals surface area contributed by atoms with Crippen LogP contribution in [0, 0.1) is 6.92 Å². The Kier molecular flexibility index (Phi) is 6.88. The van der Waals surface area contributed by atoms with Gasteiger partial charge in [-0.2, -0.15) is 5.10 Å². The standard InChI is InChI=1S/C25H27ClN6O2/c1-3-14-30(16-20-17(2)29-32(22(20)26)19-12-8-5-9-13-19)21-23(27)31(25(34)28-24(21)33)15-18-10-6-4-7-11-18/h4-13H,3,14-16,27H2,1-2H3,(H,28,33,34). The highest BCUT2D eigenvalue weighted by Gasteiger charge is 2.23. The molecule has 3 N–H and O–H groups in total. The highest BCUT2D eigenvalue weighted by Crippen LogP contribution is 2.27. The average molecular weight is 479 g/mol. The Morgan fingerprint density at radius 1 is 1.06 bits per heavy atom. The molecule has 2 aromatic heterocycles. The van der Waals surface area contributed by atoms with Crippen LogP contribution < -0.4 is 21.9 Å². The van der Waals surface area contributed by atoms with Gasteiger partial charge >= 0.3 is 5.69 Å². The summed E-state index contributed by atoms with van der Waals surface area (Å²) in [5.41, 5.74) is 8.91. The van der Waals surface area contributed by atoms with Crippen molar-refractivity contribution in [3.63, 3.8) is 0 Å². The van der Waals surface area contributed by atoms with Crippen LogP contribution in [0.25, 0.3) is 5.69 Å². The van der Waals surface area contributed by atoms with Gasteiger partial charge in [0.25, 0.3) is 5.56 Å². The monoisotopic (exact) mass is 478 g/mol. The molecule has 0 bridgehead atoms. The molecule has 176 valence electrons. The van der Waals surface area contributed by atoms with Crippen molar-refractivity contribution in [2.45, 2.75) is 33.4 Å². The minimum Gasteiger partial charge on any atom is -0.383 e. The molecule has 8 nitrogen and oxygen atoms in total. The van der Waals surface area contributed by atoms with Gasteiger partial charge in [0, 0.05) is 18.7 Å². The first-order valence-corrected chi connectivity index (χ1v) is 11.5.